The number of carbonyl (C=O) groups excluding carboxylic acids is 1. The number of ether oxygens (including phenoxy) is 1. The van der Waals surface area contributed by atoms with Gasteiger partial charge in [0, 0.05) is 12.8 Å². The zero-order valence-electron chi connectivity index (χ0n) is 12.8. The third-order valence-electron chi connectivity index (χ3n) is 3.29. The third kappa shape index (κ3) is 4.10. The summed E-state index contributed by atoms with van der Waals surface area (Å²) in [4.78, 5) is 11.9. The first-order valence-corrected chi connectivity index (χ1v) is 8.48. The predicted octanol–water partition coefficient (Wildman–Crippen LogP) is 1.68. The van der Waals surface area contributed by atoms with Crippen LogP contribution >= 0.6 is 0 Å². The number of rotatable bonds is 6. The minimum Gasteiger partial charge on any atom is -0.462 e. The van der Waals surface area contributed by atoms with Crippen LogP contribution in [0.3, 0.4) is 0 Å². The average molecular weight is 314 g/mol. The van der Waals surface area contributed by atoms with Crippen LogP contribution in [0.15, 0.2) is 18.2 Å². The number of nitrogens with two attached hydrogens (primary N) is 1. The van der Waals surface area contributed by atoms with E-state index in [9.17, 15) is 13.2 Å². The Bertz CT molecular complexity index is 624. The van der Waals surface area contributed by atoms with Crippen molar-refractivity contribution in [3.8, 4) is 0 Å². The van der Waals surface area contributed by atoms with Gasteiger partial charge in [-0.1, -0.05) is 6.07 Å². The molecule has 0 radical (unpaired) electrons. The zero-order chi connectivity index (χ0) is 16.3. The highest BCUT2D eigenvalue weighted by atomic mass is 32.2. The molecule has 0 heterocycles. The first-order chi connectivity index (χ1) is 9.60. The summed E-state index contributed by atoms with van der Waals surface area (Å²) in [6.45, 7) is 5.31. The number of nitrogens with one attached hydrogen (secondary N) is 1. The Hall–Kier alpha value is -1.76. The fourth-order valence-electron chi connectivity index (χ4n) is 1.58. The summed E-state index contributed by atoms with van der Waals surface area (Å²) < 4.78 is 27.4. The van der Waals surface area contributed by atoms with Crippen LogP contribution in [-0.2, 0) is 14.6 Å². The van der Waals surface area contributed by atoms with Crippen molar-refractivity contribution in [1.29, 1.82) is 0 Å². The van der Waals surface area contributed by atoms with Crippen molar-refractivity contribution in [3.63, 3.8) is 0 Å². The largest absolute Gasteiger partial charge is 0.462 e. The monoisotopic (exact) mass is 314 g/mol. The number of carbonyl (C=O) groups is 1. The van der Waals surface area contributed by atoms with Gasteiger partial charge < -0.3 is 15.8 Å². The van der Waals surface area contributed by atoms with Crippen molar-refractivity contribution >= 4 is 27.2 Å². The second kappa shape index (κ2) is 6.34. The number of anilines is 2. The quantitative estimate of drug-likeness (QED) is 0.612. The SMILES string of the molecule is CCOC(=O)c1cccc(N)c1NCC(C)(C)S(C)(=O)=O. The van der Waals surface area contributed by atoms with Gasteiger partial charge in [-0.25, -0.2) is 13.2 Å². The molecule has 0 spiro atoms. The lowest BCUT2D eigenvalue weighted by Gasteiger charge is -2.24. The number of hydrogen-bond acceptors (Lipinski definition) is 6. The molecule has 0 aliphatic rings. The Balaban J connectivity index is 3.06. The Morgan fingerprint density at radius 3 is 2.52 bits per heavy atom. The summed E-state index contributed by atoms with van der Waals surface area (Å²) in [5, 5.41) is 2.96. The first-order valence-electron chi connectivity index (χ1n) is 6.59. The van der Waals surface area contributed by atoms with Crippen LogP contribution in [0.5, 0.6) is 0 Å². The smallest absolute Gasteiger partial charge is 0.340 e. The van der Waals surface area contributed by atoms with E-state index in [1.165, 1.54) is 6.26 Å². The highest BCUT2D eigenvalue weighted by Gasteiger charge is 2.30. The molecule has 0 aromatic heterocycles. The maximum atomic E-state index is 11.9. The summed E-state index contributed by atoms with van der Waals surface area (Å²) in [6.07, 6.45) is 1.18. The van der Waals surface area contributed by atoms with Gasteiger partial charge in [0.2, 0.25) is 0 Å². The lowest BCUT2D eigenvalue weighted by molar-refractivity contribution is 0.0527. The Morgan fingerprint density at radius 1 is 1.38 bits per heavy atom. The number of esters is 1. The van der Waals surface area contributed by atoms with Gasteiger partial charge in [-0.3, -0.25) is 0 Å². The molecule has 118 valence electrons. The van der Waals surface area contributed by atoms with Gasteiger partial charge >= 0.3 is 5.97 Å². The van der Waals surface area contributed by atoms with Crippen LogP contribution in [0.1, 0.15) is 31.1 Å². The van der Waals surface area contributed by atoms with Crippen LogP contribution < -0.4 is 11.1 Å². The normalized spacial score (nSPS) is 12.0. The predicted molar refractivity (Wildman–Crippen MR) is 84.2 cm³/mol. The summed E-state index contributed by atoms with van der Waals surface area (Å²) in [7, 11) is -3.25. The van der Waals surface area contributed by atoms with E-state index in [4.69, 9.17) is 10.5 Å². The van der Waals surface area contributed by atoms with Crippen molar-refractivity contribution in [1.82, 2.24) is 0 Å². The molecule has 7 heteroatoms. The van der Waals surface area contributed by atoms with Gasteiger partial charge in [0.05, 0.1) is 28.3 Å². The molecule has 0 saturated heterocycles. The Labute approximate surface area is 125 Å². The van der Waals surface area contributed by atoms with Crippen LogP contribution in [0.2, 0.25) is 0 Å². The Morgan fingerprint density at radius 2 is 2.00 bits per heavy atom. The summed E-state index contributed by atoms with van der Waals surface area (Å²) in [5.74, 6) is -0.496. The van der Waals surface area contributed by atoms with Crippen LogP contribution in [0.4, 0.5) is 11.4 Å². The van der Waals surface area contributed by atoms with Gasteiger partial charge in [0.25, 0.3) is 0 Å². The van der Waals surface area contributed by atoms with E-state index in [0.717, 1.165) is 0 Å². The zero-order valence-corrected chi connectivity index (χ0v) is 13.6. The molecule has 0 atom stereocenters. The fourth-order valence-corrected chi connectivity index (χ4v) is 1.91. The lowest BCUT2D eigenvalue weighted by Crippen LogP contribution is -2.38. The van der Waals surface area contributed by atoms with E-state index in [1.54, 1.807) is 39.0 Å². The standard InChI is InChI=1S/C14H22N2O4S/c1-5-20-13(17)10-7-6-8-11(15)12(10)16-9-14(2,3)21(4,18)19/h6-8,16H,5,9,15H2,1-4H3. The second-order valence-corrected chi connectivity index (χ2v) is 8.03. The summed E-state index contributed by atoms with van der Waals surface area (Å²) >= 11 is 0. The molecule has 6 nitrogen and oxygen atoms in total. The molecule has 0 aliphatic heterocycles. The molecular weight excluding hydrogens is 292 g/mol. The molecule has 0 fully saturated rings. The van der Waals surface area contributed by atoms with Crippen molar-refractivity contribution in [3.05, 3.63) is 23.8 Å². The van der Waals surface area contributed by atoms with Crippen molar-refractivity contribution < 1.29 is 17.9 Å². The molecule has 1 aromatic rings. The van der Waals surface area contributed by atoms with Crippen molar-refractivity contribution in [2.45, 2.75) is 25.5 Å². The molecule has 3 N–H and O–H groups in total. The first kappa shape index (κ1) is 17.3. The molecule has 1 rings (SSSR count). The number of para-hydroxylation sites is 1. The van der Waals surface area contributed by atoms with E-state index in [-0.39, 0.29) is 13.2 Å². The molecule has 1 aromatic carbocycles. The van der Waals surface area contributed by atoms with Crippen molar-refractivity contribution in [2.24, 2.45) is 0 Å². The van der Waals surface area contributed by atoms with Gasteiger partial charge in [-0.05, 0) is 32.9 Å². The maximum Gasteiger partial charge on any atom is 0.340 e. The van der Waals surface area contributed by atoms with Gasteiger partial charge in [-0.15, -0.1) is 0 Å². The van der Waals surface area contributed by atoms with Gasteiger partial charge in [0.1, 0.15) is 0 Å². The average Bonchev–Trinajstić information content (AvgIpc) is 2.36. The molecule has 0 saturated carbocycles. The second-order valence-electron chi connectivity index (χ2n) is 5.38. The van der Waals surface area contributed by atoms with E-state index in [1.807, 2.05) is 0 Å². The van der Waals surface area contributed by atoms with Crippen molar-refractivity contribution in [2.75, 3.05) is 30.5 Å². The highest BCUT2D eigenvalue weighted by Crippen LogP contribution is 2.26. The van der Waals surface area contributed by atoms with Gasteiger partial charge in [0.15, 0.2) is 9.84 Å². The lowest BCUT2D eigenvalue weighted by atomic mass is 10.1. The number of nitrogen functional groups attached to an aromatic ring is 1. The summed E-state index contributed by atoms with van der Waals surface area (Å²) in [6, 6.07) is 4.87. The Kier molecular flexibility index (Phi) is 5.22. The molecule has 0 aliphatic carbocycles. The number of sulfone groups is 1. The minimum atomic E-state index is -3.25. The van der Waals surface area contributed by atoms with Crippen LogP contribution in [-0.4, -0.2) is 38.5 Å². The fraction of sp³-hybridized carbons (Fsp3) is 0.500. The highest BCUT2D eigenvalue weighted by molar-refractivity contribution is 7.92. The molecule has 0 unspecified atom stereocenters. The topological polar surface area (TPSA) is 98.5 Å². The van der Waals surface area contributed by atoms with Crippen LogP contribution in [0.25, 0.3) is 0 Å². The van der Waals surface area contributed by atoms with E-state index >= 15 is 0 Å². The maximum absolute atomic E-state index is 11.9. The molecular formula is C14H22N2O4S. The molecule has 0 amide bonds. The van der Waals surface area contributed by atoms with E-state index in [0.29, 0.717) is 16.9 Å². The van der Waals surface area contributed by atoms with E-state index in [2.05, 4.69) is 5.32 Å². The number of hydrogen-bond donors (Lipinski definition) is 2. The number of benzene rings is 1. The molecule has 0 bridgehead atoms. The van der Waals surface area contributed by atoms with Gasteiger partial charge in [-0.2, -0.15) is 0 Å². The minimum absolute atomic E-state index is 0.131. The van der Waals surface area contributed by atoms with Crippen LogP contribution in [0, 0.1) is 0 Å². The summed E-state index contributed by atoms with van der Waals surface area (Å²) in [5.41, 5.74) is 6.93. The third-order valence-corrected chi connectivity index (χ3v) is 5.44. The van der Waals surface area contributed by atoms with E-state index < -0.39 is 20.6 Å². The molecule has 21 heavy (non-hydrogen) atoms.